The molecule has 0 aliphatic carbocycles. The van der Waals surface area contributed by atoms with Crippen LogP contribution in [-0.2, 0) is 30.9 Å². The molecule has 2 rings (SSSR count). The highest BCUT2D eigenvalue weighted by atomic mass is 28.4. The topological polar surface area (TPSA) is 118 Å². The average molecular weight is 546 g/mol. The molecule has 1 heterocycles. The van der Waals surface area contributed by atoms with Gasteiger partial charge in [0, 0.05) is 12.0 Å². The third kappa shape index (κ3) is 7.37. The largest absolute Gasteiger partial charge is 0.481 e. The van der Waals surface area contributed by atoms with Crippen molar-refractivity contribution in [2.24, 2.45) is 16.1 Å². The molecular weight excluding hydrogens is 511 g/mol. The molecule has 0 saturated carbocycles. The Hall–Kier alpha value is -2.80. The molecule has 0 spiro atoms. The van der Waals surface area contributed by atoms with Crippen LogP contribution in [0.4, 0.5) is 18.0 Å². The first-order valence-corrected chi connectivity index (χ1v) is 14.6. The SMILES string of the molecule is CC(C)(C)OC(=O)N(O[Si](C)(C)C(C)(C)C)C(=O)C[C@@H](Cc1ccc(C2(C(F)(F)F)N=N2)cc1)C(=O)O. The molecule has 0 bridgehead atoms. The quantitative estimate of drug-likeness (QED) is 0.307. The van der Waals surface area contributed by atoms with E-state index in [-0.39, 0.29) is 17.0 Å². The third-order valence-corrected chi connectivity index (χ3v) is 10.5. The molecule has 1 N–H and O–H groups in total. The van der Waals surface area contributed by atoms with Crippen LogP contribution in [0.3, 0.4) is 0 Å². The Labute approximate surface area is 215 Å². The molecule has 13 heteroatoms. The minimum absolute atomic E-state index is 0.170. The number of nitrogens with zero attached hydrogens (tertiary/aromatic N) is 3. The molecule has 0 saturated heterocycles. The van der Waals surface area contributed by atoms with Crippen molar-refractivity contribution in [3.63, 3.8) is 0 Å². The number of imide groups is 1. The molecule has 0 fully saturated rings. The number of halogens is 3. The highest BCUT2D eigenvalue weighted by Crippen LogP contribution is 2.52. The van der Waals surface area contributed by atoms with Gasteiger partial charge in [-0.15, -0.1) is 15.3 Å². The lowest BCUT2D eigenvalue weighted by Crippen LogP contribution is -2.52. The van der Waals surface area contributed by atoms with Crippen molar-refractivity contribution in [3.05, 3.63) is 35.4 Å². The van der Waals surface area contributed by atoms with Crippen LogP contribution < -0.4 is 0 Å². The minimum Gasteiger partial charge on any atom is -0.481 e. The number of amides is 2. The Balaban J connectivity index is 2.24. The predicted octanol–water partition coefficient (Wildman–Crippen LogP) is 6.20. The standard InChI is InChI=1S/C24H34F3N3O6Si/c1-21(2,3)35-20(34)30(36-37(7,8)22(4,5)6)18(31)14-16(19(32)33)13-15-9-11-17(12-10-15)23(28-29-23)24(25,26)27/h9-12,16H,13-14H2,1-8H3,(H,32,33)/t16-/m1/s1. The van der Waals surface area contributed by atoms with E-state index in [9.17, 15) is 32.7 Å². The number of alkyl halides is 3. The molecule has 9 nitrogen and oxygen atoms in total. The summed E-state index contributed by atoms with van der Waals surface area (Å²) in [4.78, 5) is 38.0. The molecule has 1 aromatic carbocycles. The summed E-state index contributed by atoms with van der Waals surface area (Å²) >= 11 is 0. The van der Waals surface area contributed by atoms with Crippen LogP contribution in [0.15, 0.2) is 34.5 Å². The highest BCUT2D eigenvalue weighted by Gasteiger charge is 2.65. The van der Waals surface area contributed by atoms with Crippen molar-refractivity contribution in [1.29, 1.82) is 0 Å². The number of hydrogen-bond acceptors (Lipinski definition) is 7. The summed E-state index contributed by atoms with van der Waals surface area (Å²) in [6, 6.07) is 5.03. The zero-order valence-corrected chi connectivity index (χ0v) is 23.3. The molecule has 1 aliphatic heterocycles. The number of hydrogen-bond donors (Lipinski definition) is 1. The summed E-state index contributed by atoms with van der Waals surface area (Å²) in [5.41, 5.74) is -3.32. The van der Waals surface area contributed by atoms with Gasteiger partial charge in [0.05, 0.1) is 5.92 Å². The number of hydroxylamine groups is 2. The van der Waals surface area contributed by atoms with E-state index in [1.807, 2.05) is 33.9 Å². The van der Waals surface area contributed by atoms with Gasteiger partial charge in [0.15, 0.2) is 0 Å². The third-order valence-electron chi connectivity index (χ3n) is 6.22. The molecule has 0 radical (unpaired) electrons. The Bertz CT molecular complexity index is 1050. The van der Waals surface area contributed by atoms with E-state index in [0.717, 1.165) is 0 Å². The fourth-order valence-corrected chi connectivity index (χ4v) is 3.91. The molecule has 1 aromatic rings. The summed E-state index contributed by atoms with van der Waals surface area (Å²) in [6.45, 7) is 14.2. The first-order chi connectivity index (χ1) is 16.6. The number of carboxylic acid groups (broad SMARTS) is 1. The summed E-state index contributed by atoms with van der Waals surface area (Å²) in [5.74, 6) is -3.49. The van der Waals surface area contributed by atoms with Gasteiger partial charge < -0.3 is 14.4 Å². The molecule has 0 aromatic heterocycles. The second-order valence-corrected chi connectivity index (χ2v) is 16.2. The molecule has 1 aliphatic rings. The number of ether oxygens (including phenoxy) is 1. The number of carbonyl (C=O) groups excluding carboxylic acids is 2. The van der Waals surface area contributed by atoms with Gasteiger partial charge in [-0.1, -0.05) is 45.0 Å². The van der Waals surface area contributed by atoms with Crippen LogP contribution in [0.2, 0.25) is 18.1 Å². The Morgan fingerprint density at radius 2 is 1.54 bits per heavy atom. The molecular formula is C24H34F3N3O6Si. The zero-order chi connectivity index (χ0) is 28.6. The van der Waals surface area contributed by atoms with Crippen molar-refractivity contribution >= 4 is 26.3 Å². The highest BCUT2D eigenvalue weighted by molar-refractivity contribution is 6.74. The van der Waals surface area contributed by atoms with Crippen LogP contribution in [0, 0.1) is 5.92 Å². The second kappa shape index (κ2) is 10.2. The lowest BCUT2D eigenvalue weighted by Gasteiger charge is -2.39. The number of aliphatic carboxylic acids is 1. The van der Waals surface area contributed by atoms with Gasteiger partial charge in [0.25, 0.3) is 5.91 Å². The van der Waals surface area contributed by atoms with Crippen LogP contribution in [0.5, 0.6) is 0 Å². The fraction of sp³-hybridized carbons (Fsp3) is 0.625. The Kier molecular flexibility index (Phi) is 8.35. The number of carbonyl (C=O) groups is 3. The maximum atomic E-state index is 13.2. The van der Waals surface area contributed by atoms with Gasteiger partial charge in [-0.3, -0.25) is 9.59 Å². The lowest BCUT2D eigenvalue weighted by atomic mass is 9.93. The number of rotatable bonds is 8. The molecule has 2 amide bonds. The summed E-state index contributed by atoms with van der Waals surface area (Å²) < 4.78 is 50.9. The molecule has 37 heavy (non-hydrogen) atoms. The summed E-state index contributed by atoms with van der Waals surface area (Å²) in [5, 5.41) is 16.2. The van der Waals surface area contributed by atoms with Crippen molar-refractivity contribution in [2.75, 3.05) is 0 Å². The smallest absolute Gasteiger partial charge is 0.442 e. The van der Waals surface area contributed by atoms with E-state index in [2.05, 4.69) is 10.2 Å². The fourth-order valence-electron chi connectivity index (χ4n) is 3.00. The normalized spacial score (nSPS) is 16.2. The zero-order valence-electron chi connectivity index (χ0n) is 22.3. The molecule has 1 atom stereocenters. The predicted molar refractivity (Wildman–Crippen MR) is 130 cm³/mol. The van der Waals surface area contributed by atoms with E-state index in [1.165, 1.54) is 24.3 Å². The van der Waals surface area contributed by atoms with Crippen LogP contribution in [0.1, 0.15) is 59.1 Å². The van der Waals surface area contributed by atoms with Gasteiger partial charge in [-0.05, 0) is 50.9 Å². The van der Waals surface area contributed by atoms with Crippen LogP contribution in [0.25, 0.3) is 0 Å². The molecule has 206 valence electrons. The van der Waals surface area contributed by atoms with Gasteiger partial charge in [-0.2, -0.15) is 13.2 Å². The maximum Gasteiger partial charge on any atom is 0.442 e. The Morgan fingerprint density at radius 3 is 1.92 bits per heavy atom. The first kappa shape index (κ1) is 30.4. The van der Waals surface area contributed by atoms with E-state index in [1.54, 1.807) is 20.8 Å². The van der Waals surface area contributed by atoms with E-state index in [0.29, 0.717) is 10.6 Å². The van der Waals surface area contributed by atoms with Crippen LogP contribution in [-0.4, -0.2) is 48.2 Å². The second-order valence-electron chi connectivity index (χ2n) is 11.5. The van der Waals surface area contributed by atoms with Gasteiger partial charge in [0.1, 0.15) is 5.60 Å². The van der Waals surface area contributed by atoms with Gasteiger partial charge >= 0.3 is 23.9 Å². The van der Waals surface area contributed by atoms with Gasteiger partial charge in [-0.25, -0.2) is 4.79 Å². The Morgan fingerprint density at radius 1 is 1.03 bits per heavy atom. The van der Waals surface area contributed by atoms with Gasteiger partial charge in [0.2, 0.25) is 8.32 Å². The summed E-state index contributed by atoms with van der Waals surface area (Å²) in [6.07, 6.45) is -6.50. The first-order valence-electron chi connectivity index (χ1n) is 11.7. The van der Waals surface area contributed by atoms with Crippen molar-refractivity contribution in [2.45, 2.75) is 90.0 Å². The van der Waals surface area contributed by atoms with Crippen molar-refractivity contribution in [1.82, 2.24) is 5.06 Å². The number of benzene rings is 1. The van der Waals surface area contributed by atoms with Crippen molar-refractivity contribution < 1.29 is 41.9 Å². The van der Waals surface area contributed by atoms with Crippen LogP contribution >= 0.6 is 0 Å². The average Bonchev–Trinajstić information content (AvgIpc) is 3.52. The van der Waals surface area contributed by atoms with Crippen molar-refractivity contribution in [3.8, 4) is 0 Å². The maximum absolute atomic E-state index is 13.2. The minimum atomic E-state index is -4.68. The van der Waals surface area contributed by atoms with E-state index >= 15 is 0 Å². The summed E-state index contributed by atoms with van der Waals surface area (Å²) in [7, 11) is -2.71. The van der Waals surface area contributed by atoms with E-state index < -0.39 is 56.1 Å². The molecule has 0 unspecified atom stereocenters. The monoisotopic (exact) mass is 545 g/mol. The number of carboxylic acids is 1. The lowest BCUT2D eigenvalue weighted by molar-refractivity contribution is -0.166. The van der Waals surface area contributed by atoms with E-state index in [4.69, 9.17) is 9.26 Å².